The third-order valence-corrected chi connectivity index (χ3v) is 8.98. The maximum atomic E-state index is 13.1. The largest absolute Gasteiger partial charge is 0.462 e. The van der Waals surface area contributed by atoms with E-state index >= 15 is 0 Å². The summed E-state index contributed by atoms with van der Waals surface area (Å²) in [5.41, 5.74) is 4.32. The molecule has 2 aromatic carbocycles. The number of thioether (sulfide) groups is 1. The molecule has 1 aliphatic carbocycles. The molecule has 0 fully saturated rings. The lowest BCUT2D eigenvalue weighted by Gasteiger charge is -2.12. The molecule has 0 saturated heterocycles. The second-order valence-corrected chi connectivity index (χ2v) is 12.0. The van der Waals surface area contributed by atoms with Gasteiger partial charge in [0.05, 0.1) is 30.9 Å². The molecule has 42 heavy (non-hydrogen) atoms. The molecule has 218 valence electrons. The molecule has 5 rings (SSSR count). The number of hydrogen-bond donors (Lipinski definition) is 2. The molecule has 0 aliphatic heterocycles. The second kappa shape index (κ2) is 13.8. The van der Waals surface area contributed by atoms with Crippen molar-refractivity contribution in [3.05, 3.63) is 87.6 Å². The van der Waals surface area contributed by atoms with Crippen molar-refractivity contribution in [3.63, 3.8) is 0 Å². The van der Waals surface area contributed by atoms with Gasteiger partial charge in [0, 0.05) is 10.6 Å². The highest BCUT2D eigenvalue weighted by Crippen LogP contribution is 2.38. The van der Waals surface area contributed by atoms with Crippen molar-refractivity contribution in [3.8, 4) is 5.69 Å². The molecule has 0 spiro atoms. The van der Waals surface area contributed by atoms with Crippen LogP contribution >= 0.6 is 23.1 Å². The highest BCUT2D eigenvalue weighted by Gasteiger charge is 2.27. The lowest BCUT2D eigenvalue weighted by molar-refractivity contribution is -0.120. The summed E-state index contributed by atoms with van der Waals surface area (Å²) in [6.07, 6.45) is 4.07. The van der Waals surface area contributed by atoms with Gasteiger partial charge in [-0.3, -0.25) is 14.2 Å². The summed E-state index contributed by atoms with van der Waals surface area (Å²) in [6.45, 7) is 4.23. The number of hydrogen-bond acceptors (Lipinski definition) is 8. The number of nitrogens with zero attached hydrogens (tertiary/aromatic N) is 3. The SMILES string of the molecule is CCOC(=O)c1c(NC(=O)CSc2nnc(CNC(=O)Cc3ccccc3)n2-c2cccc(C)c2)sc2c1CCCC2. The molecule has 0 atom stereocenters. The fourth-order valence-electron chi connectivity index (χ4n) is 4.92. The summed E-state index contributed by atoms with van der Waals surface area (Å²) >= 11 is 2.71. The van der Waals surface area contributed by atoms with Crippen LogP contribution in [0.1, 0.15) is 57.5 Å². The van der Waals surface area contributed by atoms with Crippen LogP contribution in [0.25, 0.3) is 5.69 Å². The Hall–Kier alpha value is -3.96. The van der Waals surface area contributed by atoms with E-state index in [9.17, 15) is 14.4 Å². The topological polar surface area (TPSA) is 115 Å². The Bertz CT molecular complexity index is 1580. The molecule has 2 heterocycles. The minimum Gasteiger partial charge on any atom is -0.462 e. The van der Waals surface area contributed by atoms with E-state index in [1.807, 2.05) is 66.1 Å². The van der Waals surface area contributed by atoms with Crippen LogP contribution in [-0.2, 0) is 40.1 Å². The lowest BCUT2D eigenvalue weighted by atomic mass is 9.95. The molecule has 0 radical (unpaired) electrons. The standard InChI is InChI=1S/C31H33N5O4S2/c1-3-40-30(39)28-23-14-7-8-15-24(23)42-29(28)33-27(38)19-41-31-35-34-25(36(31)22-13-9-10-20(2)16-22)18-32-26(37)17-21-11-5-4-6-12-21/h4-6,9-13,16H,3,7-8,14-15,17-19H2,1-2H3,(H,32,37)(H,33,38). The first-order valence-corrected chi connectivity index (χ1v) is 15.8. The molecule has 0 unspecified atom stereocenters. The molecule has 0 saturated carbocycles. The van der Waals surface area contributed by atoms with Crippen LogP contribution < -0.4 is 10.6 Å². The predicted octanol–water partition coefficient (Wildman–Crippen LogP) is 5.28. The Morgan fingerprint density at radius 2 is 1.83 bits per heavy atom. The summed E-state index contributed by atoms with van der Waals surface area (Å²) in [7, 11) is 0. The Labute approximate surface area is 253 Å². The summed E-state index contributed by atoms with van der Waals surface area (Å²) in [4.78, 5) is 39.7. The number of carbonyl (C=O) groups excluding carboxylic acids is 3. The molecular formula is C31H33N5O4S2. The van der Waals surface area contributed by atoms with Crippen molar-refractivity contribution in [2.75, 3.05) is 17.7 Å². The van der Waals surface area contributed by atoms with Gasteiger partial charge in [0.25, 0.3) is 0 Å². The van der Waals surface area contributed by atoms with Crippen LogP contribution in [0.2, 0.25) is 0 Å². The third-order valence-electron chi connectivity index (χ3n) is 6.85. The minimum atomic E-state index is -0.391. The van der Waals surface area contributed by atoms with Gasteiger partial charge in [-0.25, -0.2) is 4.79 Å². The number of aryl methyl sites for hydroxylation is 2. The predicted molar refractivity (Wildman–Crippen MR) is 164 cm³/mol. The zero-order valence-electron chi connectivity index (χ0n) is 23.6. The first kappa shape index (κ1) is 29.5. The van der Waals surface area contributed by atoms with Crippen LogP contribution in [0, 0.1) is 6.92 Å². The number of fused-ring (bicyclic) bond motifs is 1. The molecule has 1 aliphatic rings. The van der Waals surface area contributed by atoms with E-state index in [4.69, 9.17) is 4.74 Å². The molecule has 0 bridgehead atoms. The number of benzene rings is 2. The van der Waals surface area contributed by atoms with Crippen LogP contribution in [0.4, 0.5) is 5.00 Å². The molecule has 2 aromatic heterocycles. The van der Waals surface area contributed by atoms with Gasteiger partial charge in [-0.15, -0.1) is 21.5 Å². The quantitative estimate of drug-likeness (QED) is 0.177. The van der Waals surface area contributed by atoms with Gasteiger partial charge in [-0.1, -0.05) is 54.2 Å². The fourth-order valence-corrected chi connectivity index (χ4v) is 6.99. The number of anilines is 1. The van der Waals surface area contributed by atoms with Crippen molar-refractivity contribution in [2.45, 2.75) is 57.7 Å². The average molecular weight is 604 g/mol. The van der Waals surface area contributed by atoms with Gasteiger partial charge in [-0.05, 0) is 68.4 Å². The van der Waals surface area contributed by atoms with Crippen molar-refractivity contribution < 1.29 is 19.1 Å². The van der Waals surface area contributed by atoms with Gasteiger partial charge >= 0.3 is 5.97 Å². The van der Waals surface area contributed by atoms with E-state index in [2.05, 4.69) is 20.8 Å². The van der Waals surface area contributed by atoms with Crippen molar-refractivity contribution in [1.29, 1.82) is 0 Å². The molecule has 2 amide bonds. The first-order valence-electron chi connectivity index (χ1n) is 14.0. The number of rotatable bonds is 11. The number of ether oxygens (including phenoxy) is 1. The molecule has 11 heteroatoms. The van der Waals surface area contributed by atoms with E-state index in [-0.39, 0.29) is 37.1 Å². The first-order chi connectivity index (χ1) is 20.4. The lowest BCUT2D eigenvalue weighted by Crippen LogP contribution is -2.26. The van der Waals surface area contributed by atoms with Gasteiger partial charge < -0.3 is 15.4 Å². The minimum absolute atomic E-state index is 0.0646. The van der Waals surface area contributed by atoms with Gasteiger partial charge in [-0.2, -0.15) is 0 Å². The van der Waals surface area contributed by atoms with Gasteiger partial charge in [0.2, 0.25) is 11.8 Å². The van der Waals surface area contributed by atoms with Crippen LogP contribution in [0.15, 0.2) is 59.8 Å². The number of nitrogens with one attached hydrogen (secondary N) is 2. The zero-order chi connectivity index (χ0) is 29.5. The summed E-state index contributed by atoms with van der Waals surface area (Å²) in [5, 5.41) is 15.7. The maximum Gasteiger partial charge on any atom is 0.341 e. The van der Waals surface area contributed by atoms with E-state index in [1.54, 1.807) is 6.92 Å². The Morgan fingerprint density at radius 3 is 2.62 bits per heavy atom. The third kappa shape index (κ3) is 7.08. The number of carbonyl (C=O) groups is 3. The number of aromatic nitrogens is 3. The van der Waals surface area contributed by atoms with Crippen LogP contribution in [0.5, 0.6) is 0 Å². The number of esters is 1. The Balaban J connectivity index is 1.30. The van der Waals surface area contributed by atoms with Crippen LogP contribution in [-0.4, -0.2) is 44.9 Å². The number of thiophene rings is 1. The highest BCUT2D eigenvalue weighted by molar-refractivity contribution is 7.99. The van der Waals surface area contributed by atoms with E-state index < -0.39 is 5.97 Å². The van der Waals surface area contributed by atoms with E-state index in [0.29, 0.717) is 21.5 Å². The summed E-state index contributed by atoms with van der Waals surface area (Å²) < 4.78 is 7.18. The smallest absolute Gasteiger partial charge is 0.341 e. The summed E-state index contributed by atoms with van der Waals surface area (Å²) in [5.74, 6) is -0.140. The summed E-state index contributed by atoms with van der Waals surface area (Å²) in [6, 6.07) is 17.4. The Kier molecular flexibility index (Phi) is 9.70. The Morgan fingerprint density at radius 1 is 1.02 bits per heavy atom. The molecule has 9 nitrogen and oxygen atoms in total. The van der Waals surface area contributed by atoms with Gasteiger partial charge in [0.1, 0.15) is 5.00 Å². The monoisotopic (exact) mass is 603 g/mol. The fraction of sp³-hybridized carbons (Fsp3) is 0.323. The highest BCUT2D eigenvalue weighted by atomic mass is 32.2. The van der Waals surface area contributed by atoms with E-state index in [0.717, 1.165) is 52.9 Å². The second-order valence-electron chi connectivity index (χ2n) is 9.98. The molecular weight excluding hydrogens is 571 g/mol. The van der Waals surface area contributed by atoms with Crippen molar-refractivity contribution in [2.24, 2.45) is 0 Å². The molecule has 2 N–H and O–H groups in total. The molecule has 4 aromatic rings. The van der Waals surface area contributed by atoms with Crippen molar-refractivity contribution in [1.82, 2.24) is 20.1 Å². The number of amides is 2. The maximum absolute atomic E-state index is 13.1. The zero-order valence-corrected chi connectivity index (χ0v) is 25.3. The average Bonchev–Trinajstić information content (AvgIpc) is 3.56. The van der Waals surface area contributed by atoms with E-state index in [1.165, 1.54) is 23.1 Å². The van der Waals surface area contributed by atoms with Gasteiger partial charge in [0.15, 0.2) is 11.0 Å². The van der Waals surface area contributed by atoms with Crippen molar-refractivity contribution >= 4 is 45.9 Å². The van der Waals surface area contributed by atoms with Crippen LogP contribution in [0.3, 0.4) is 0 Å². The normalized spacial score (nSPS) is 12.4.